The normalized spacial score (nSPS) is 16.1. The second-order valence-corrected chi connectivity index (χ2v) is 6.74. The standard InChI is InChI=1S/C17H26N6O/c1-4-22-10-7-15(20-22)17(24)21-8-5-14(6-9-21)11-16-19-18-12-23(16)13(2)3/h7,10,12-14H,4-6,8-9,11H2,1-3H3. The summed E-state index contributed by atoms with van der Waals surface area (Å²) in [4.78, 5) is 14.4. The topological polar surface area (TPSA) is 68.8 Å². The third-order valence-electron chi connectivity index (χ3n) is 4.76. The van der Waals surface area contributed by atoms with Crippen molar-refractivity contribution in [3.05, 3.63) is 30.1 Å². The minimum Gasteiger partial charge on any atom is -0.337 e. The van der Waals surface area contributed by atoms with Gasteiger partial charge >= 0.3 is 0 Å². The Morgan fingerprint density at radius 2 is 2.08 bits per heavy atom. The van der Waals surface area contributed by atoms with E-state index in [2.05, 4.69) is 33.7 Å². The van der Waals surface area contributed by atoms with Crippen LogP contribution >= 0.6 is 0 Å². The van der Waals surface area contributed by atoms with Crippen LogP contribution in [0.5, 0.6) is 0 Å². The highest BCUT2D eigenvalue weighted by Gasteiger charge is 2.26. The number of carbonyl (C=O) groups excluding carboxylic acids is 1. The van der Waals surface area contributed by atoms with E-state index in [1.807, 2.05) is 30.4 Å². The minimum absolute atomic E-state index is 0.0472. The highest BCUT2D eigenvalue weighted by atomic mass is 16.2. The lowest BCUT2D eigenvalue weighted by atomic mass is 9.93. The first-order valence-electron chi connectivity index (χ1n) is 8.79. The fourth-order valence-corrected chi connectivity index (χ4v) is 3.26. The maximum Gasteiger partial charge on any atom is 0.274 e. The summed E-state index contributed by atoms with van der Waals surface area (Å²) in [5.41, 5.74) is 0.551. The second-order valence-electron chi connectivity index (χ2n) is 6.74. The molecule has 1 saturated heterocycles. The molecule has 0 aliphatic carbocycles. The van der Waals surface area contributed by atoms with Crippen LogP contribution in [-0.2, 0) is 13.0 Å². The van der Waals surface area contributed by atoms with Gasteiger partial charge in [0.15, 0.2) is 0 Å². The summed E-state index contributed by atoms with van der Waals surface area (Å²) in [6, 6.07) is 2.19. The Morgan fingerprint density at radius 3 is 2.71 bits per heavy atom. The summed E-state index contributed by atoms with van der Waals surface area (Å²) in [6.45, 7) is 8.66. The maximum absolute atomic E-state index is 12.5. The van der Waals surface area contributed by atoms with E-state index < -0.39 is 0 Å². The van der Waals surface area contributed by atoms with Crippen molar-refractivity contribution in [1.29, 1.82) is 0 Å². The SMILES string of the molecule is CCn1ccc(C(=O)N2CCC(Cc3nncn3C(C)C)CC2)n1. The van der Waals surface area contributed by atoms with Gasteiger partial charge in [-0.25, -0.2) is 0 Å². The first-order valence-corrected chi connectivity index (χ1v) is 8.79. The second kappa shape index (κ2) is 7.15. The quantitative estimate of drug-likeness (QED) is 0.842. The zero-order valence-corrected chi connectivity index (χ0v) is 14.7. The average molecular weight is 330 g/mol. The molecule has 0 N–H and O–H groups in total. The van der Waals surface area contributed by atoms with Gasteiger partial charge in [0.1, 0.15) is 17.8 Å². The molecule has 0 saturated carbocycles. The highest BCUT2D eigenvalue weighted by Crippen LogP contribution is 2.23. The van der Waals surface area contributed by atoms with Gasteiger partial charge < -0.3 is 9.47 Å². The molecule has 3 rings (SSSR count). The summed E-state index contributed by atoms with van der Waals surface area (Å²) in [6.07, 6.45) is 6.61. The molecule has 1 aliphatic rings. The molecule has 0 bridgehead atoms. The largest absolute Gasteiger partial charge is 0.337 e. The van der Waals surface area contributed by atoms with Crippen molar-refractivity contribution in [3.8, 4) is 0 Å². The summed E-state index contributed by atoms with van der Waals surface area (Å²) in [5, 5.41) is 12.6. The molecule has 0 spiro atoms. The van der Waals surface area contributed by atoms with Gasteiger partial charge in [-0.2, -0.15) is 5.10 Å². The maximum atomic E-state index is 12.5. The molecule has 24 heavy (non-hydrogen) atoms. The Balaban J connectivity index is 1.55. The number of aryl methyl sites for hydroxylation is 1. The summed E-state index contributed by atoms with van der Waals surface area (Å²) in [7, 11) is 0. The summed E-state index contributed by atoms with van der Waals surface area (Å²) >= 11 is 0. The molecule has 0 aromatic carbocycles. The van der Waals surface area contributed by atoms with Crippen LogP contribution in [0.25, 0.3) is 0 Å². The van der Waals surface area contributed by atoms with Gasteiger partial charge in [0.05, 0.1) is 0 Å². The highest BCUT2D eigenvalue weighted by molar-refractivity contribution is 5.92. The number of carbonyl (C=O) groups is 1. The van der Waals surface area contributed by atoms with Gasteiger partial charge in [-0.1, -0.05) is 0 Å². The van der Waals surface area contributed by atoms with Gasteiger partial charge in [-0.15, -0.1) is 10.2 Å². The van der Waals surface area contributed by atoms with Gasteiger partial charge in [-0.05, 0) is 45.6 Å². The number of hydrogen-bond donors (Lipinski definition) is 0. The molecule has 7 nitrogen and oxygen atoms in total. The molecular weight excluding hydrogens is 304 g/mol. The monoisotopic (exact) mass is 330 g/mol. The van der Waals surface area contributed by atoms with Crippen LogP contribution in [0.4, 0.5) is 0 Å². The van der Waals surface area contributed by atoms with Crippen LogP contribution in [-0.4, -0.2) is 48.4 Å². The van der Waals surface area contributed by atoms with Crippen LogP contribution in [0.2, 0.25) is 0 Å². The molecule has 0 atom stereocenters. The molecule has 0 radical (unpaired) electrons. The number of aromatic nitrogens is 5. The predicted octanol–water partition coefficient (Wildman–Crippen LogP) is 2.17. The summed E-state index contributed by atoms with van der Waals surface area (Å²) < 4.78 is 3.92. The predicted molar refractivity (Wildman–Crippen MR) is 90.6 cm³/mol. The Morgan fingerprint density at radius 1 is 1.33 bits per heavy atom. The molecule has 1 fully saturated rings. The lowest BCUT2D eigenvalue weighted by Crippen LogP contribution is -2.39. The van der Waals surface area contributed by atoms with Gasteiger partial charge in [0, 0.05) is 38.3 Å². The number of likely N-dealkylation sites (tertiary alicyclic amines) is 1. The lowest BCUT2D eigenvalue weighted by Gasteiger charge is -2.31. The van der Waals surface area contributed by atoms with E-state index in [0.717, 1.165) is 44.7 Å². The van der Waals surface area contributed by atoms with Crippen LogP contribution in [0, 0.1) is 5.92 Å². The number of amides is 1. The van der Waals surface area contributed by atoms with Crippen LogP contribution in [0.15, 0.2) is 18.6 Å². The van der Waals surface area contributed by atoms with Crippen molar-refractivity contribution in [1.82, 2.24) is 29.4 Å². The Hall–Kier alpha value is -2.18. The number of piperidine rings is 1. The van der Waals surface area contributed by atoms with Gasteiger partial charge in [0.25, 0.3) is 5.91 Å². The third-order valence-corrected chi connectivity index (χ3v) is 4.76. The van der Waals surface area contributed by atoms with Gasteiger partial charge in [-0.3, -0.25) is 9.48 Å². The fraction of sp³-hybridized carbons (Fsp3) is 0.647. The van der Waals surface area contributed by atoms with Gasteiger partial charge in [0.2, 0.25) is 0 Å². The summed E-state index contributed by atoms with van der Waals surface area (Å²) in [5.74, 6) is 1.66. The smallest absolute Gasteiger partial charge is 0.274 e. The van der Waals surface area contributed by atoms with E-state index in [9.17, 15) is 4.79 Å². The van der Waals surface area contributed by atoms with Crippen LogP contribution in [0.3, 0.4) is 0 Å². The number of rotatable bonds is 5. The molecule has 1 amide bonds. The van der Waals surface area contributed by atoms with Crippen molar-refractivity contribution in [3.63, 3.8) is 0 Å². The molecule has 2 aromatic heterocycles. The van der Waals surface area contributed by atoms with Crippen molar-refractivity contribution < 1.29 is 4.79 Å². The zero-order chi connectivity index (χ0) is 17.1. The lowest BCUT2D eigenvalue weighted by molar-refractivity contribution is 0.0682. The molecule has 7 heteroatoms. The molecule has 3 heterocycles. The van der Waals surface area contributed by atoms with E-state index in [0.29, 0.717) is 17.7 Å². The van der Waals surface area contributed by atoms with E-state index >= 15 is 0 Å². The van der Waals surface area contributed by atoms with E-state index in [-0.39, 0.29) is 5.91 Å². The van der Waals surface area contributed by atoms with E-state index in [4.69, 9.17) is 0 Å². The number of hydrogen-bond acceptors (Lipinski definition) is 4. The first-order chi connectivity index (χ1) is 11.6. The van der Waals surface area contributed by atoms with Crippen molar-refractivity contribution >= 4 is 5.91 Å². The molecule has 130 valence electrons. The molecule has 1 aliphatic heterocycles. The van der Waals surface area contributed by atoms with Crippen molar-refractivity contribution in [2.24, 2.45) is 5.92 Å². The van der Waals surface area contributed by atoms with Crippen LogP contribution in [0.1, 0.15) is 56.0 Å². The zero-order valence-electron chi connectivity index (χ0n) is 14.7. The molecule has 0 unspecified atom stereocenters. The Kier molecular flexibility index (Phi) is 4.97. The minimum atomic E-state index is 0.0472. The van der Waals surface area contributed by atoms with Crippen molar-refractivity contribution in [2.75, 3.05) is 13.1 Å². The van der Waals surface area contributed by atoms with Crippen LogP contribution < -0.4 is 0 Å². The molecule has 2 aromatic rings. The average Bonchev–Trinajstić information content (AvgIpc) is 3.24. The Bertz CT molecular complexity index is 681. The first kappa shape index (κ1) is 16.7. The van der Waals surface area contributed by atoms with E-state index in [1.165, 1.54) is 0 Å². The fourth-order valence-electron chi connectivity index (χ4n) is 3.26. The van der Waals surface area contributed by atoms with Crippen molar-refractivity contribution in [2.45, 2.75) is 52.6 Å². The van der Waals surface area contributed by atoms with E-state index in [1.54, 1.807) is 4.68 Å². The molecular formula is C17H26N6O. The number of nitrogens with zero attached hydrogens (tertiary/aromatic N) is 6. The third kappa shape index (κ3) is 3.49. The Labute approximate surface area is 142 Å².